The highest BCUT2D eigenvalue weighted by Gasteiger charge is 2.31. The van der Waals surface area contributed by atoms with Gasteiger partial charge in [-0.1, -0.05) is 12.1 Å². The number of hydrogen-bond acceptors (Lipinski definition) is 4. The topological polar surface area (TPSA) is 118 Å². The van der Waals surface area contributed by atoms with Crippen molar-refractivity contribution >= 4 is 34.8 Å². The van der Waals surface area contributed by atoms with Crippen molar-refractivity contribution in [1.82, 2.24) is 19.6 Å². The Morgan fingerprint density at radius 2 is 1.03 bits per heavy atom. The highest BCUT2D eigenvalue weighted by atomic mass is 19.4. The molecule has 2 heterocycles. The van der Waals surface area contributed by atoms with Gasteiger partial charge in [-0.2, -0.15) is 36.5 Å². The predicted molar refractivity (Wildman–Crippen MR) is 128 cm³/mol. The Balaban J connectivity index is 1.29. The second-order valence-electron chi connectivity index (χ2n) is 7.99. The van der Waals surface area contributed by atoms with E-state index in [-0.39, 0.29) is 29.4 Å². The Morgan fingerprint density at radius 1 is 0.641 bits per heavy atom. The van der Waals surface area contributed by atoms with E-state index in [0.717, 1.165) is 24.3 Å². The average Bonchev–Trinajstić information content (AvgIpc) is 3.47. The molecule has 0 fully saturated rings. The Morgan fingerprint density at radius 3 is 1.41 bits per heavy atom. The second kappa shape index (κ2) is 10.8. The monoisotopic (exact) mass is 552 g/mol. The van der Waals surface area contributed by atoms with Gasteiger partial charge in [0.25, 0.3) is 0 Å². The first-order valence-corrected chi connectivity index (χ1v) is 10.9. The quantitative estimate of drug-likeness (QED) is 0.223. The largest absolute Gasteiger partial charge is 0.416 e. The first-order chi connectivity index (χ1) is 18.3. The van der Waals surface area contributed by atoms with E-state index in [2.05, 4.69) is 31.5 Å². The van der Waals surface area contributed by atoms with Gasteiger partial charge >= 0.3 is 24.4 Å². The van der Waals surface area contributed by atoms with E-state index < -0.39 is 35.5 Å². The summed E-state index contributed by atoms with van der Waals surface area (Å²) in [6.07, 6.45) is -3.64. The molecule has 0 radical (unpaired) electrons. The first kappa shape index (κ1) is 27.0. The molecular weight excluding hydrogens is 534 g/mol. The summed E-state index contributed by atoms with van der Waals surface area (Å²) in [5.74, 6) is 0. The van der Waals surface area contributed by atoms with Gasteiger partial charge in [0, 0.05) is 11.4 Å². The number of hydrogen-bond donors (Lipinski definition) is 4. The number of amides is 4. The summed E-state index contributed by atoms with van der Waals surface area (Å²) in [6.45, 7) is 0.0495. The number of nitrogens with zero attached hydrogens (tertiary/aromatic N) is 4. The molecule has 4 rings (SSSR count). The molecule has 10 nitrogen and oxygen atoms in total. The lowest BCUT2D eigenvalue weighted by atomic mass is 10.2. The molecule has 4 N–H and O–H groups in total. The van der Waals surface area contributed by atoms with Crippen LogP contribution in [-0.4, -0.2) is 31.6 Å². The zero-order chi connectivity index (χ0) is 28.2. The summed E-state index contributed by atoms with van der Waals surface area (Å²) in [4.78, 5) is 24.3. The molecule has 0 aliphatic heterocycles. The molecule has 2 aromatic carbocycles. The lowest BCUT2D eigenvalue weighted by Crippen LogP contribution is -2.19. The molecule has 204 valence electrons. The third-order valence-electron chi connectivity index (χ3n) is 4.97. The van der Waals surface area contributed by atoms with Crippen LogP contribution in [0.1, 0.15) is 11.1 Å². The van der Waals surface area contributed by atoms with Crippen molar-refractivity contribution in [2.45, 2.75) is 19.0 Å². The smallest absolute Gasteiger partial charge is 0.308 e. The number of anilines is 4. The van der Waals surface area contributed by atoms with Gasteiger partial charge in [-0.05, 0) is 36.4 Å². The SMILES string of the molecule is O=C(Nc1cccc(C(F)(F)F)c1)Nc1cnn(Cn2cc(NC(=O)Nc3cccc(C(F)(F)F)c3)cn2)c1. The number of aromatic nitrogens is 4. The van der Waals surface area contributed by atoms with Crippen molar-refractivity contribution in [2.75, 3.05) is 21.3 Å². The summed E-state index contributed by atoms with van der Waals surface area (Å²) in [6, 6.07) is 6.73. The zero-order valence-electron chi connectivity index (χ0n) is 19.5. The molecule has 0 atom stereocenters. The Bertz CT molecular complexity index is 1370. The summed E-state index contributed by atoms with van der Waals surface area (Å²) >= 11 is 0. The molecule has 0 saturated heterocycles. The molecule has 4 amide bonds. The third-order valence-corrected chi connectivity index (χ3v) is 4.97. The molecule has 39 heavy (non-hydrogen) atoms. The molecular formula is C23H18F6N8O2. The van der Waals surface area contributed by atoms with Gasteiger partial charge in [0.2, 0.25) is 0 Å². The van der Waals surface area contributed by atoms with Gasteiger partial charge in [0.1, 0.15) is 6.67 Å². The molecule has 0 aliphatic carbocycles. The maximum absolute atomic E-state index is 12.8. The van der Waals surface area contributed by atoms with Gasteiger partial charge < -0.3 is 21.3 Å². The fraction of sp³-hybridized carbons (Fsp3) is 0.130. The van der Waals surface area contributed by atoms with Crippen LogP contribution in [0.3, 0.4) is 0 Å². The highest BCUT2D eigenvalue weighted by Crippen LogP contribution is 2.31. The fourth-order valence-corrected chi connectivity index (χ4v) is 3.29. The van der Waals surface area contributed by atoms with E-state index in [4.69, 9.17) is 0 Å². The third kappa shape index (κ3) is 7.50. The van der Waals surface area contributed by atoms with Crippen LogP contribution in [0.25, 0.3) is 0 Å². The molecule has 16 heteroatoms. The summed E-state index contributed by atoms with van der Waals surface area (Å²) in [5.41, 5.74) is -1.44. The fourth-order valence-electron chi connectivity index (χ4n) is 3.29. The summed E-state index contributed by atoms with van der Waals surface area (Å²) < 4.78 is 79.7. The molecule has 4 aromatic rings. The maximum atomic E-state index is 12.8. The van der Waals surface area contributed by atoms with Crippen LogP contribution >= 0.6 is 0 Å². The molecule has 0 saturated carbocycles. The summed E-state index contributed by atoms with van der Waals surface area (Å²) in [7, 11) is 0. The van der Waals surface area contributed by atoms with Gasteiger partial charge in [-0.25, -0.2) is 19.0 Å². The zero-order valence-corrected chi connectivity index (χ0v) is 19.5. The van der Waals surface area contributed by atoms with Crippen LogP contribution in [0, 0.1) is 0 Å². The molecule has 0 bridgehead atoms. The maximum Gasteiger partial charge on any atom is 0.416 e. The van der Waals surface area contributed by atoms with Crippen LogP contribution < -0.4 is 21.3 Å². The Kier molecular flexibility index (Phi) is 7.46. The van der Waals surface area contributed by atoms with E-state index in [0.29, 0.717) is 0 Å². The van der Waals surface area contributed by atoms with Crippen molar-refractivity contribution in [1.29, 1.82) is 0 Å². The van der Waals surface area contributed by atoms with Crippen LogP contribution in [-0.2, 0) is 19.0 Å². The van der Waals surface area contributed by atoms with E-state index in [1.807, 2.05) is 0 Å². The average molecular weight is 552 g/mol. The van der Waals surface area contributed by atoms with Crippen molar-refractivity contribution in [3.63, 3.8) is 0 Å². The second-order valence-corrected chi connectivity index (χ2v) is 7.99. The Labute approximate surface area is 215 Å². The molecule has 0 aliphatic rings. The number of alkyl halides is 6. The molecule has 2 aromatic heterocycles. The van der Waals surface area contributed by atoms with Crippen molar-refractivity contribution in [3.05, 3.63) is 84.4 Å². The normalized spacial score (nSPS) is 11.6. The van der Waals surface area contributed by atoms with Crippen molar-refractivity contribution in [3.8, 4) is 0 Å². The minimum Gasteiger partial charge on any atom is -0.308 e. The number of benzene rings is 2. The van der Waals surface area contributed by atoms with Gasteiger partial charge in [0.15, 0.2) is 0 Å². The number of carbonyl (C=O) groups is 2. The number of rotatable bonds is 6. The standard InChI is InChI=1S/C23H18F6N8O2/c24-22(25,26)14-3-1-5-16(7-14)32-20(38)34-18-9-30-36(11-18)13-37-12-19(10-31-37)35-21(39)33-17-6-2-4-15(8-17)23(27,28)29/h1-12H,13H2,(H2,32,34,38)(H2,33,35,39). The van der Waals surface area contributed by atoms with Crippen LogP contribution in [0.15, 0.2) is 73.3 Å². The highest BCUT2D eigenvalue weighted by molar-refractivity contribution is 6.00. The van der Waals surface area contributed by atoms with Crippen LogP contribution in [0.2, 0.25) is 0 Å². The first-order valence-electron chi connectivity index (χ1n) is 10.9. The van der Waals surface area contributed by atoms with Gasteiger partial charge in [-0.3, -0.25) is 0 Å². The minimum atomic E-state index is -4.55. The number of nitrogens with one attached hydrogen (secondary N) is 4. The number of urea groups is 2. The van der Waals surface area contributed by atoms with E-state index >= 15 is 0 Å². The van der Waals surface area contributed by atoms with Crippen molar-refractivity contribution in [2.24, 2.45) is 0 Å². The lowest BCUT2D eigenvalue weighted by molar-refractivity contribution is -0.138. The minimum absolute atomic E-state index is 0.0495. The summed E-state index contributed by atoms with van der Waals surface area (Å²) in [5, 5.41) is 17.6. The molecule has 0 unspecified atom stereocenters. The predicted octanol–water partition coefficient (Wildman–Crippen LogP) is 5.91. The van der Waals surface area contributed by atoms with E-state index in [1.54, 1.807) is 0 Å². The van der Waals surface area contributed by atoms with Crippen LogP contribution in [0.4, 0.5) is 58.7 Å². The molecule has 0 spiro atoms. The lowest BCUT2D eigenvalue weighted by Gasteiger charge is -2.10. The van der Waals surface area contributed by atoms with Crippen molar-refractivity contribution < 1.29 is 35.9 Å². The Hall–Kier alpha value is -5.02. The number of halogens is 6. The van der Waals surface area contributed by atoms with E-state index in [9.17, 15) is 35.9 Å². The van der Waals surface area contributed by atoms with Crippen LogP contribution in [0.5, 0.6) is 0 Å². The van der Waals surface area contributed by atoms with Gasteiger partial charge in [-0.15, -0.1) is 0 Å². The number of carbonyl (C=O) groups excluding carboxylic acids is 2. The van der Waals surface area contributed by atoms with E-state index in [1.165, 1.54) is 58.4 Å². The van der Waals surface area contributed by atoms with Gasteiger partial charge in [0.05, 0.1) is 47.3 Å².